The van der Waals surface area contributed by atoms with Gasteiger partial charge in [-0.1, -0.05) is 37.3 Å². The van der Waals surface area contributed by atoms with Gasteiger partial charge >= 0.3 is 0 Å². The summed E-state index contributed by atoms with van der Waals surface area (Å²) in [5.74, 6) is -0.858. The van der Waals surface area contributed by atoms with Crippen molar-refractivity contribution in [2.45, 2.75) is 31.7 Å². The highest BCUT2D eigenvalue weighted by atomic mass is 32.2. The first kappa shape index (κ1) is 20.7. The van der Waals surface area contributed by atoms with Crippen molar-refractivity contribution >= 4 is 27.5 Å². The molecule has 0 bridgehead atoms. The van der Waals surface area contributed by atoms with Crippen LogP contribution in [0.5, 0.6) is 0 Å². The van der Waals surface area contributed by atoms with E-state index in [2.05, 4.69) is 9.71 Å². The zero-order chi connectivity index (χ0) is 22.2. The number of pyridine rings is 1. The molecule has 0 unspecified atom stereocenters. The highest BCUT2D eigenvalue weighted by molar-refractivity contribution is 7.92. The van der Waals surface area contributed by atoms with Gasteiger partial charge in [-0.05, 0) is 54.3 Å². The quantitative estimate of drug-likeness (QED) is 0.598. The molecule has 31 heavy (non-hydrogen) atoms. The minimum absolute atomic E-state index is 0.0412. The number of nitrogens with one attached hydrogen (secondary N) is 1. The van der Waals surface area contributed by atoms with Gasteiger partial charge in [0.2, 0.25) is 0 Å². The summed E-state index contributed by atoms with van der Waals surface area (Å²) in [6.45, 7) is 3.87. The van der Waals surface area contributed by atoms with E-state index in [-0.39, 0.29) is 22.7 Å². The molecule has 1 aliphatic rings. The van der Waals surface area contributed by atoms with Crippen molar-refractivity contribution < 1.29 is 18.0 Å². The third-order valence-corrected chi connectivity index (χ3v) is 6.65. The lowest BCUT2D eigenvalue weighted by Crippen LogP contribution is -2.29. The van der Waals surface area contributed by atoms with Crippen molar-refractivity contribution in [3.05, 3.63) is 88.7 Å². The summed E-state index contributed by atoms with van der Waals surface area (Å²) in [6, 6.07) is 15.0. The molecular weight excluding hydrogens is 414 g/mol. The van der Waals surface area contributed by atoms with Crippen LogP contribution in [0, 0.1) is 6.92 Å². The zero-order valence-electron chi connectivity index (χ0n) is 17.1. The van der Waals surface area contributed by atoms with E-state index in [1.54, 1.807) is 24.3 Å². The summed E-state index contributed by atoms with van der Waals surface area (Å²) >= 11 is 0. The second-order valence-electron chi connectivity index (χ2n) is 7.31. The van der Waals surface area contributed by atoms with Gasteiger partial charge in [0, 0.05) is 6.20 Å². The molecule has 4 rings (SSSR count). The second-order valence-corrected chi connectivity index (χ2v) is 8.99. The molecule has 0 radical (unpaired) electrons. The van der Waals surface area contributed by atoms with E-state index in [0.29, 0.717) is 17.7 Å². The molecule has 8 heteroatoms. The number of carbonyl (C=O) groups excluding carboxylic acids is 2. The molecule has 3 aromatic rings. The van der Waals surface area contributed by atoms with Crippen LogP contribution in [0.4, 0.5) is 5.69 Å². The lowest BCUT2D eigenvalue weighted by molar-refractivity contribution is 0.0640. The summed E-state index contributed by atoms with van der Waals surface area (Å²) < 4.78 is 28.5. The molecule has 0 aliphatic carbocycles. The number of sulfonamides is 1. The number of hydrogen-bond donors (Lipinski definition) is 1. The summed E-state index contributed by atoms with van der Waals surface area (Å²) in [4.78, 5) is 30.2. The van der Waals surface area contributed by atoms with Crippen molar-refractivity contribution in [3.63, 3.8) is 0 Å². The Morgan fingerprint density at radius 3 is 2.39 bits per heavy atom. The Morgan fingerprint density at radius 2 is 1.71 bits per heavy atom. The predicted molar refractivity (Wildman–Crippen MR) is 116 cm³/mol. The SMILES string of the molecule is CCc1cccc(C)c1NS(=O)(=O)c1ccc(CN2C(=O)c3cccnc3C2=O)cc1. The molecule has 1 aromatic heterocycles. The Hall–Kier alpha value is -3.52. The first-order valence-corrected chi connectivity index (χ1v) is 11.3. The summed E-state index contributed by atoms with van der Waals surface area (Å²) in [6.07, 6.45) is 2.17. The van der Waals surface area contributed by atoms with Crippen molar-refractivity contribution in [3.8, 4) is 0 Å². The van der Waals surface area contributed by atoms with Crippen LogP contribution in [0.25, 0.3) is 0 Å². The second kappa shape index (κ2) is 7.96. The highest BCUT2D eigenvalue weighted by Crippen LogP contribution is 2.26. The molecular formula is C23H21N3O4S. The molecule has 7 nitrogen and oxygen atoms in total. The summed E-state index contributed by atoms with van der Waals surface area (Å²) in [7, 11) is -3.79. The van der Waals surface area contributed by atoms with Gasteiger partial charge in [-0.15, -0.1) is 0 Å². The van der Waals surface area contributed by atoms with Gasteiger partial charge in [0.25, 0.3) is 21.8 Å². The average molecular weight is 436 g/mol. The van der Waals surface area contributed by atoms with Gasteiger partial charge in [0.1, 0.15) is 5.69 Å². The number of imide groups is 1. The number of aryl methyl sites for hydroxylation is 2. The van der Waals surface area contributed by atoms with Crippen LogP contribution in [0.3, 0.4) is 0 Å². The van der Waals surface area contributed by atoms with Gasteiger partial charge < -0.3 is 0 Å². The molecule has 158 valence electrons. The smallest absolute Gasteiger partial charge is 0.279 e. The number of hydrogen-bond acceptors (Lipinski definition) is 5. The van der Waals surface area contributed by atoms with Gasteiger partial charge in [-0.2, -0.15) is 0 Å². The molecule has 1 aliphatic heterocycles. The van der Waals surface area contributed by atoms with E-state index in [9.17, 15) is 18.0 Å². The lowest BCUT2D eigenvalue weighted by atomic mass is 10.1. The minimum atomic E-state index is -3.79. The number of nitrogens with zero attached hydrogens (tertiary/aromatic N) is 2. The minimum Gasteiger partial charge on any atom is -0.279 e. The van der Waals surface area contributed by atoms with Crippen LogP contribution in [-0.2, 0) is 23.0 Å². The first-order valence-electron chi connectivity index (χ1n) is 9.83. The van der Waals surface area contributed by atoms with E-state index < -0.39 is 21.8 Å². The first-order chi connectivity index (χ1) is 14.8. The summed E-state index contributed by atoms with van der Waals surface area (Å²) in [5, 5.41) is 0. The number of aromatic nitrogens is 1. The van der Waals surface area contributed by atoms with E-state index in [0.717, 1.165) is 16.0 Å². The predicted octanol–water partition coefficient (Wildman–Crippen LogP) is 3.55. The van der Waals surface area contributed by atoms with Crippen LogP contribution in [-0.4, -0.2) is 30.1 Å². The number of carbonyl (C=O) groups is 2. The molecule has 0 saturated carbocycles. The molecule has 1 N–H and O–H groups in total. The van der Waals surface area contributed by atoms with E-state index in [4.69, 9.17) is 0 Å². The largest absolute Gasteiger partial charge is 0.280 e. The maximum atomic E-state index is 12.9. The standard InChI is InChI=1S/C23H21N3O4S/c1-3-17-7-4-6-15(2)20(17)25-31(29,30)18-11-9-16(10-12-18)14-26-22(27)19-8-5-13-24-21(19)23(26)28/h4-13,25H,3,14H2,1-2H3. The third kappa shape index (κ3) is 3.82. The van der Waals surface area contributed by atoms with Crippen LogP contribution in [0.15, 0.2) is 65.7 Å². The fraction of sp³-hybridized carbons (Fsp3) is 0.174. The van der Waals surface area contributed by atoms with Crippen LogP contribution in [0.2, 0.25) is 0 Å². The van der Waals surface area contributed by atoms with Crippen molar-refractivity contribution in [1.29, 1.82) is 0 Å². The molecule has 2 amide bonds. The van der Waals surface area contributed by atoms with E-state index in [1.807, 2.05) is 32.0 Å². The van der Waals surface area contributed by atoms with Gasteiger partial charge in [0.05, 0.1) is 22.7 Å². The van der Waals surface area contributed by atoms with Crippen LogP contribution < -0.4 is 4.72 Å². The lowest BCUT2D eigenvalue weighted by Gasteiger charge is -2.16. The van der Waals surface area contributed by atoms with Gasteiger partial charge in [-0.25, -0.2) is 8.42 Å². The Labute approximate surface area is 180 Å². The molecule has 0 saturated heterocycles. The number of amides is 2. The van der Waals surface area contributed by atoms with Crippen molar-refractivity contribution in [2.75, 3.05) is 4.72 Å². The van der Waals surface area contributed by atoms with Crippen LogP contribution in [0.1, 0.15) is 44.5 Å². The van der Waals surface area contributed by atoms with Crippen molar-refractivity contribution in [1.82, 2.24) is 9.88 Å². The fourth-order valence-electron chi connectivity index (χ4n) is 3.58. The topological polar surface area (TPSA) is 96.4 Å². The Balaban J connectivity index is 1.54. The molecule has 2 aromatic carbocycles. The monoisotopic (exact) mass is 435 g/mol. The molecule has 0 atom stereocenters. The summed E-state index contributed by atoms with van der Waals surface area (Å²) in [5.41, 5.74) is 3.41. The molecule has 2 heterocycles. The number of para-hydroxylation sites is 1. The highest BCUT2D eigenvalue weighted by Gasteiger charge is 2.36. The number of fused-ring (bicyclic) bond motifs is 1. The maximum absolute atomic E-state index is 12.9. The number of benzene rings is 2. The van der Waals surface area contributed by atoms with E-state index in [1.165, 1.54) is 18.3 Å². The normalized spacial score (nSPS) is 13.4. The van der Waals surface area contributed by atoms with Crippen molar-refractivity contribution in [2.24, 2.45) is 0 Å². The van der Waals surface area contributed by atoms with E-state index >= 15 is 0 Å². The third-order valence-electron chi connectivity index (χ3n) is 5.28. The number of rotatable bonds is 6. The van der Waals surface area contributed by atoms with Gasteiger partial charge in [-0.3, -0.25) is 24.2 Å². The Morgan fingerprint density at radius 1 is 0.968 bits per heavy atom. The fourth-order valence-corrected chi connectivity index (χ4v) is 4.75. The molecule has 0 spiro atoms. The maximum Gasteiger partial charge on any atom is 0.280 e. The number of anilines is 1. The Kier molecular flexibility index (Phi) is 5.32. The van der Waals surface area contributed by atoms with Gasteiger partial charge in [0.15, 0.2) is 0 Å². The average Bonchev–Trinajstić information content (AvgIpc) is 3.00. The Bertz CT molecular complexity index is 1250. The zero-order valence-corrected chi connectivity index (χ0v) is 17.9. The van der Waals surface area contributed by atoms with Crippen LogP contribution >= 0.6 is 0 Å². The molecule has 0 fully saturated rings.